The molecule has 0 radical (unpaired) electrons. The first kappa shape index (κ1) is 14.1. The maximum atomic E-state index is 12.2. The molecule has 0 aliphatic carbocycles. The minimum absolute atomic E-state index is 0.00938. The lowest BCUT2D eigenvalue weighted by molar-refractivity contribution is -0.117. The first-order valence-electron chi connectivity index (χ1n) is 7.42. The van der Waals surface area contributed by atoms with Crippen molar-refractivity contribution in [2.24, 2.45) is 11.8 Å². The molecular weight excluding hydrogens is 264 g/mol. The molecule has 3 atom stereocenters. The van der Waals surface area contributed by atoms with Crippen LogP contribution in [-0.2, 0) is 4.79 Å². The number of nitriles is 1. The molecule has 0 bridgehead atoms. The van der Waals surface area contributed by atoms with E-state index in [4.69, 9.17) is 5.26 Å². The number of rotatable bonds is 3. The molecule has 0 spiro atoms. The molecule has 110 valence electrons. The minimum atomic E-state index is -0.00938. The Morgan fingerprint density at radius 3 is 3.14 bits per heavy atom. The average Bonchev–Trinajstić information content (AvgIpc) is 3.03. The third-order valence-corrected chi connectivity index (χ3v) is 4.68. The molecule has 1 aromatic rings. The van der Waals surface area contributed by atoms with E-state index in [2.05, 4.69) is 28.5 Å². The van der Waals surface area contributed by atoms with Crippen LogP contribution in [0, 0.1) is 23.2 Å². The van der Waals surface area contributed by atoms with E-state index in [9.17, 15) is 4.79 Å². The molecule has 3 unspecified atom stereocenters. The van der Waals surface area contributed by atoms with Crippen LogP contribution in [0.1, 0.15) is 12.5 Å². The molecule has 2 fully saturated rings. The Hall–Kier alpha value is -1.90. The van der Waals surface area contributed by atoms with Gasteiger partial charge in [0.1, 0.15) is 0 Å². The van der Waals surface area contributed by atoms with E-state index in [-0.39, 0.29) is 5.91 Å². The lowest BCUT2D eigenvalue weighted by Gasteiger charge is -2.23. The summed E-state index contributed by atoms with van der Waals surface area (Å²) < 4.78 is 0. The van der Waals surface area contributed by atoms with Gasteiger partial charge in [-0.1, -0.05) is 6.07 Å². The zero-order valence-electron chi connectivity index (χ0n) is 12.2. The van der Waals surface area contributed by atoms with Crippen molar-refractivity contribution in [1.82, 2.24) is 10.2 Å². The number of carbonyl (C=O) groups is 1. The molecule has 0 aromatic heterocycles. The number of hydrogen-bond acceptors (Lipinski definition) is 4. The number of likely N-dealkylation sites (tertiary alicyclic amines) is 1. The summed E-state index contributed by atoms with van der Waals surface area (Å²) in [6.45, 7) is 5.75. The van der Waals surface area contributed by atoms with Gasteiger partial charge in [-0.05, 0) is 50.0 Å². The van der Waals surface area contributed by atoms with Gasteiger partial charge < -0.3 is 10.6 Å². The zero-order chi connectivity index (χ0) is 14.8. The zero-order valence-corrected chi connectivity index (χ0v) is 12.2. The standard InChI is InChI=1S/C16H20N4O/c1-11-15-8-18-7-13(15)9-20(11)10-16(21)19-14-4-2-3-12(5-14)6-17/h2-5,11,13,15,18H,7-10H2,1H3,(H,19,21). The van der Waals surface area contributed by atoms with Gasteiger partial charge in [-0.15, -0.1) is 0 Å². The third-order valence-electron chi connectivity index (χ3n) is 4.68. The number of nitrogens with one attached hydrogen (secondary N) is 2. The number of carbonyl (C=O) groups excluding carboxylic acids is 1. The van der Waals surface area contributed by atoms with E-state index in [0.717, 1.165) is 19.6 Å². The topological polar surface area (TPSA) is 68.2 Å². The van der Waals surface area contributed by atoms with Crippen molar-refractivity contribution in [2.75, 3.05) is 31.5 Å². The largest absolute Gasteiger partial charge is 0.325 e. The molecule has 2 aliphatic rings. The van der Waals surface area contributed by atoms with Gasteiger partial charge in [-0.2, -0.15) is 5.26 Å². The van der Waals surface area contributed by atoms with Crippen LogP contribution < -0.4 is 10.6 Å². The molecule has 5 nitrogen and oxygen atoms in total. The summed E-state index contributed by atoms with van der Waals surface area (Å²) >= 11 is 0. The molecule has 1 amide bonds. The van der Waals surface area contributed by atoms with Crippen molar-refractivity contribution in [3.63, 3.8) is 0 Å². The van der Waals surface area contributed by atoms with E-state index >= 15 is 0 Å². The van der Waals surface area contributed by atoms with Gasteiger partial charge in [0.15, 0.2) is 0 Å². The third kappa shape index (κ3) is 2.92. The number of benzene rings is 1. The molecule has 1 aromatic carbocycles. The number of anilines is 1. The Balaban J connectivity index is 1.58. The van der Waals surface area contributed by atoms with Crippen LogP contribution in [0.15, 0.2) is 24.3 Å². The Labute approximate surface area is 124 Å². The van der Waals surface area contributed by atoms with Crippen LogP contribution in [0.5, 0.6) is 0 Å². The predicted octanol–water partition coefficient (Wildman–Crippen LogP) is 1.04. The van der Waals surface area contributed by atoms with Crippen LogP contribution in [0.25, 0.3) is 0 Å². The van der Waals surface area contributed by atoms with Gasteiger partial charge in [-0.3, -0.25) is 9.69 Å². The fourth-order valence-corrected chi connectivity index (χ4v) is 3.52. The quantitative estimate of drug-likeness (QED) is 0.870. The Kier molecular flexibility index (Phi) is 3.91. The van der Waals surface area contributed by atoms with Gasteiger partial charge in [0.05, 0.1) is 18.2 Å². The van der Waals surface area contributed by atoms with Crippen LogP contribution in [0.4, 0.5) is 5.69 Å². The Bertz CT molecular complexity index is 580. The van der Waals surface area contributed by atoms with Crippen LogP contribution in [0.2, 0.25) is 0 Å². The second kappa shape index (κ2) is 5.84. The van der Waals surface area contributed by atoms with E-state index in [1.807, 2.05) is 6.07 Å². The number of amides is 1. The predicted molar refractivity (Wildman–Crippen MR) is 80.7 cm³/mol. The lowest BCUT2D eigenvalue weighted by Crippen LogP contribution is -2.38. The molecule has 21 heavy (non-hydrogen) atoms. The number of hydrogen-bond donors (Lipinski definition) is 2. The summed E-state index contributed by atoms with van der Waals surface area (Å²) in [4.78, 5) is 14.4. The molecule has 5 heteroatoms. The number of nitrogens with zero attached hydrogens (tertiary/aromatic N) is 2. The van der Waals surface area contributed by atoms with Crippen molar-refractivity contribution < 1.29 is 4.79 Å². The highest BCUT2D eigenvalue weighted by Gasteiger charge is 2.42. The van der Waals surface area contributed by atoms with Crippen molar-refractivity contribution in [1.29, 1.82) is 5.26 Å². The Morgan fingerprint density at radius 2 is 2.38 bits per heavy atom. The highest BCUT2D eigenvalue weighted by atomic mass is 16.2. The minimum Gasteiger partial charge on any atom is -0.325 e. The molecule has 2 N–H and O–H groups in total. The van der Waals surface area contributed by atoms with E-state index in [0.29, 0.717) is 35.7 Å². The normalized spacial score (nSPS) is 28.1. The SMILES string of the molecule is CC1C2CNCC2CN1CC(=O)Nc1cccc(C#N)c1. The molecule has 2 heterocycles. The van der Waals surface area contributed by atoms with Crippen LogP contribution >= 0.6 is 0 Å². The van der Waals surface area contributed by atoms with Crippen molar-refractivity contribution in [2.45, 2.75) is 13.0 Å². The van der Waals surface area contributed by atoms with E-state index in [1.165, 1.54) is 0 Å². The lowest BCUT2D eigenvalue weighted by atomic mass is 9.95. The molecule has 0 saturated carbocycles. The maximum absolute atomic E-state index is 12.2. The fraction of sp³-hybridized carbons (Fsp3) is 0.500. The highest BCUT2D eigenvalue weighted by Crippen LogP contribution is 2.31. The smallest absolute Gasteiger partial charge is 0.238 e. The van der Waals surface area contributed by atoms with Crippen molar-refractivity contribution in [3.8, 4) is 6.07 Å². The molecule has 3 rings (SSSR count). The van der Waals surface area contributed by atoms with Crippen molar-refractivity contribution in [3.05, 3.63) is 29.8 Å². The first-order chi connectivity index (χ1) is 10.2. The molecular formula is C16H20N4O. The van der Waals surface area contributed by atoms with E-state index < -0.39 is 0 Å². The van der Waals surface area contributed by atoms with Gasteiger partial charge >= 0.3 is 0 Å². The van der Waals surface area contributed by atoms with E-state index in [1.54, 1.807) is 18.2 Å². The van der Waals surface area contributed by atoms with Crippen LogP contribution in [-0.4, -0.2) is 43.0 Å². The molecule has 2 saturated heterocycles. The summed E-state index contributed by atoms with van der Waals surface area (Å²) in [5.41, 5.74) is 1.25. The van der Waals surface area contributed by atoms with Gasteiger partial charge in [0.2, 0.25) is 5.91 Å². The summed E-state index contributed by atoms with van der Waals surface area (Å²) in [5.74, 6) is 1.33. The average molecular weight is 284 g/mol. The summed E-state index contributed by atoms with van der Waals surface area (Å²) in [7, 11) is 0. The summed E-state index contributed by atoms with van der Waals surface area (Å²) in [6, 6.07) is 9.54. The highest BCUT2D eigenvalue weighted by molar-refractivity contribution is 5.92. The summed E-state index contributed by atoms with van der Waals surface area (Å²) in [5, 5.41) is 15.2. The molecule has 2 aliphatic heterocycles. The summed E-state index contributed by atoms with van der Waals surface area (Å²) in [6.07, 6.45) is 0. The number of fused-ring (bicyclic) bond motifs is 1. The van der Waals surface area contributed by atoms with Crippen LogP contribution in [0.3, 0.4) is 0 Å². The second-order valence-electron chi connectivity index (χ2n) is 5.99. The van der Waals surface area contributed by atoms with Crippen molar-refractivity contribution >= 4 is 11.6 Å². The second-order valence-corrected chi connectivity index (χ2v) is 5.99. The van der Waals surface area contributed by atoms with Gasteiger partial charge in [-0.25, -0.2) is 0 Å². The monoisotopic (exact) mass is 284 g/mol. The first-order valence-corrected chi connectivity index (χ1v) is 7.42. The fourth-order valence-electron chi connectivity index (χ4n) is 3.52. The maximum Gasteiger partial charge on any atom is 0.238 e. The van der Waals surface area contributed by atoms with Gasteiger partial charge in [0.25, 0.3) is 0 Å². The Morgan fingerprint density at radius 1 is 1.52 bits per heavy atom. The van der Waals surface area contributed by atoms with Gasteiger partial charge in [0, 0.05) is 18.3 Å².